The highest BCUT2D eigenvalue weighted by atomic mass is 16.3. The van der Waals surface area contributed by atoms with Crippen LogP contribution in [-0.4, -0.2) is 4.98 Å². The van der Waals surface area contributed by atoms with Crippen molar-refractivity contribution in [1.82, 2.24) is 4.98 Å². The van der Waals surface area contributed by atoms with E-state index in [2.05, 4.69) is 18.8 Å². The molecule has 0 atom stereocenters. The number of pyridine rings is 1. The fourth-order valence-corrected chi connectivity index (χ4v) is 1.53. The number of hydrogen-bond acceptors (Lipinski definition) is 2. The zero-order valence-electron chi connectivity index (χ0n) is 12.2. The predicted molar refractivity (Wildman–Crippen MR) is 75.5 cm³/mol. The summed E-state index contributed by atoms with van der Waals surface area (Å²) in [6.45, 7) is 14.2. The van der Waals surface area contributed by atoms with Gasteiger partial charge >= 0.3 is 0 Å². The van der Waals surface area contributed by atoms with Crippen molar-refractivity contribution in [3.8, 4) is 0 Å². The van der Waals surface area contributed by atoms with Crippen LogP contribution in [0.3, 0.4) is 0 Å². The van der Waals surface area contributed by atoms with Crippen LogP contribution < -0.4 is 0 Å². The minimum atomic E-state index is 0.411. The van der Waals surface area contributed by atoms with Gasteiger partial charge in [-0.15, -0.1) is 0 Å². The Balaban J connectivity index is 0.000000581. The second-order valence-electron chi connectivity index (χ2n) is 3.63. The summed E-state index contributed by atoms with van der Waals surface area (Å²) in [7, 11) is 0. The second-order valence-corrected chi connectivity index (χ2v) is 3.63. The third-order valence-electron chi connectivity index (χ3n) is 2.13. The summed E-state index contributed by atoms with van der Waals surface area (Å²) in [6, 6.07) is 4.03. The average molecular weight is 235 g/mol. The Bertz CT molecular complexity index is 429. The Hall–Kier alpha value is -1.31. The normalized spacial score (nSPS) is 9.41. The van der Waals surface area contributed by atoms with E-state index < -0.39 is 0 Å². The molecule has 0 aromatic carbocycles. The minimum absolute atomic E-state index is 0.411. The van der Waals surface area contributed by atoms with Gasteiger partial charge in [0.15, 0.2) is 5.58 Å². The zero-order chi connectivity index (χ0) is 13.4. The number of furan rings is 1. The van der Waals surface area contributed by atoms with Gasteiger partial charge in [0.05, 0.1) is 5.69 Å². The Kier molecular flexibility index (Phi) is 7.27. The third kappa shape index (κ3) is 3.88. The number of fused-ring (bicyclic) bond motifs is 1. The molecule has 0 radical (unpaired) electrons. The van der Waals surface area contributed by atoms with Crippen molar-refractivity contribution in [1.29, 1.82) is 0 Å². The first-order valence-corrected chi connectivity index (χ1v) is 6.53. The first kappa shape index (κ1) is 15.7. The lowest BCUT2D eigenvalue weighted by molar-refractivity contribution is 0.568. The quantitative estimate of drug-likeness (QED) is 0.669. The maximum atomic E-state index is 5.60. The fraction of sp³-hybridized carbons (Fsp3) is 0.533. The molecular weight excluding hydrogens is 210 g/mol. The minimum Gasteiger partial charge on any atom is -0.459 e. The van der Waals surface area contributed by atoms with Crippen LogP contribution in [0.15, 0.2) is 22.7 Å². The van der Waals surface area contributed by atoms with E-state index in [1.54, 1.807) is 0 Å². The molecule has 0 N–H and O–H groups in total. The molecule has 0 aliphatic heterocycles. The van der Waals surface area contributed by atoms with E-state index in [1.807, 2.05) is 52.9 Å². The van der Waals surface area contributed by atoms with Crippen LogP contribution in [0.25, 0.3) is 11.0 Å². The van der Waals surface area contributed by atoms with Crippen LogP contribution >= 0.6 is 0 Å². The summed E-state index contributed by atoms with van der Waals surface area (Å²) in [5, 5.41) is 1.15. The molecule has 2 nitrogen and oxygen atoms in total. The lowest BCUT2D eigenvalue weighted by Crippen LogP contribution is -1.91. The van der Waals surface area contributed by atoms with Gasteiger partial charge in [0, 0.05) is 11.6 Å². The molecule has 0 aliphatic carbocycles. The molecule has 2 aromatic heterocycles. The van der Waals surface area contributed by atoms with Crippen LogP contribution in [0.2, 0.25) is 0 Å². The SMILES string of the molecule is CC.CC.Cc1cc2ccnc(C(C)C)c2o1. The molecule has 2 heteroatoms. The van der Waals surface area contributed by atoms with Gasteiger partial charge in [-0.25, -0.2) is 0 Å². The molecule has 0 unspecified atom stereocenters. The number of aromatic nitrogens is 1. The van der Waals surface area contributed by atoms with Crippen molar-refractivity contribution in [3.63, 3.8) is 0 Å². The smallest absolute Gasteiger partial charge is 0.155 e. The third-order valence-corrected chi connectivity index (χ3v) is 2.13. The topological polar surface area (TPSA) is 26.0 Å². The van der Waals surface area contributed by atoms with Gasteiger partial charge in [-0.05, 0) is 25.0 Å². The largest absolute Gasteiger partial charge is 0.459 e. The highest BCUT2D eigenvalue weighted by Crippen LogP contribution is 2.25. The van der Waals surface area contributed by atoms with Gasteiger partial charge in [0.2, 0.25) is 0 Å². The Morgan fingerprint density at radius 2 is 1.71 bits per heavy atom. The van der Waals surface area contributed by atoms with E-state index in [0.29, 0.717) is 5.92 Å². The molecule has 2 aromatic rings. The summed E-state index contributed by atoms with van der Waals surface area (Å²) in [6.07, 6.45) is 1.84. The molecular formula is C15H25NO. The van der Waals surface area contributed by atoms with E-state index in [9.17, 15) is 0 Å². The van der Waals surface area contributed by atoms with Gasteiger partial charge in [-0.2, -0.15) is 0 Å². The van der Waals surface area contributed by atoms with Gasteiger partial charge in [-0.1, -0.05) is 41.5 Å². The van der Waals surface area contributed by atoms with Gasteiger partial charge in [0.25, 0.3) is 0 Å². The zero-order valence-corrected chi connectivity index (χ0v) is 12.2. The molecule has 0 aliphatic rings. The monoisotopic (exact) mass is 235 g/mol. The van der Waals surface area contributed by atoms with Crippen LogP contribution in [0.5, 0.6) is 0 Å². The van der Waals surface area contributed by atoms with Crippen LogP contribution in [0.4, 0.5) is 0 Å². The average Bonchev–Trinajstić information content (AvgIpc) is 2.73. The van der Waals surface area contributed by atoms with E-state index in [1.165, 1.54) is 0 Å². The highest BCUT2D eigenvalue weighted by Gasteiger charge is 2.09. The van der Waals surface area contributed by atoms with Crippen molar-refractivity contribution in [2.75, 3.05) is 0 Å². The van der Waals surface area contributed by atoms with Gasteiger partial charge in [0.1, 0.15) is 5.76 Å². The van der Waals surface area contributed by atoms with Crippen molar-refractivity contribution >= 4 is 11.0 Å². The Labute approximate surface area is 105 Å². The summed E-state index contributed by atoms with van der Waals surface area (Å²) in [5.41, 5.74) is 1.99. The van der Waals surface area contributed by atoms with E-state index in [-0.39, 0.29) is 0 Å². The lowest BCUT2D eigenvalue weighted by atomic mass is 10.1. The molecule has 0 saturated carbocycles. The van der Waals surface area contributed by atoms with Crippen molar-refractivity contribution < 1.29 is 4.42 Å². The Morgan fingerprint density at radius 1 is 1.12 bits per heavy atom. The number of rotatable bonds is 1. The molecule has 0 amide bonds. The van der Waals surface area contributed by atoms with Crippen molar-refractivity contribution in [2.24, 2.45) is 0 Å². The number of aryl methyl sites for hydroxylation is 1. The van der Waals surface area contributed by atoms with E-state index in [4.69, 9.17) is 4.42 Å². The van der Waals surface area contributed by atoms with Crippen LogP contribution in [0.1, 0.15) is 58.9 Å². The first-order valence-electron chi connectivity index (χ1n) is 6.53. The maximum absolute atomic E-state index is 5.60. The molecule has 2 rings (SSSR count). The number of nitrogens with zero attached hydrogens (tertiary/aromatic N) is 1. The van der Waals surface area contributed by atoms with E-state index >= 15 is 0 Å². The molecule has 0 fully saturated rings. The molecule has 0 spiro atoms. The number of hydrogen-bond donors (Lipinski definition) is 0. The van der Waals surface area contributed by atoms with Gasteiger partial charge < -0.3 is 4.42 Å². The standard InChI is InChI=1S/C11H13NO.2C2H6/c1-7(2)10-11-9(4-5-12-10)6-8(3)13-11;2*1-2/h4-7H,1-3H3;2*1-2H3. The Morgan fingerprint density at radius 3 is 2.24 bits per heavy atom. The predicted octanol–water partition coefficient (Wildman–Crippen LogP) is 5.31. The van der Waals surface area contributed by atoms with Crippen LogP contribution in [-0.2, 0) is 0 Å². The molecule has 17 heavy (non-hydrogen) atoms. The summed E-state index contributed by atoms with van der Waals surface area (Å²) in [5.74, 6) is 1.36. The lowest BCUT2D eigenvalue weighted by Gasteiger charge is -2.03. The molecule has 2 heterocycles. The molecule has 0 bridgehead atoms. The highest BCUT2D eigenvalue weighted by molar-refractivity contribution is 5.79. The summed E-state index contributed by atoms with van der Waals surface area (Å²) >= 11 is 0. The second kappa shape index (κ2) is 7.88. The first-order chi connectivity index (χ1) is 8.18. The summed E-state index contributed by atoms with van der Waals surface area (Å²) < 4.78 is 5.60. The maximum Gasteiger partial charge on any atom is 0.155 e. The molecule has 96 valence electrons. The molecule has 0 saturated heterocycles. The summed E-state index contributed by atoms with van der Waals surface area (Å²) in [4.78, 5) is 4.33. The van der Waals surface area contributed by atoms with E-state index in [0.717, 1.165) is 22.4 Å². The van der Waals surface area contributed by atoms with Crippen LogP contribution in [0, 0.1) is 6.92 Å². The van der Waals surface area contributed by atoms with Crippen molar-refractivity contribution in [3.05, 3.63) is 29.8 Å². The fourth-order valence-electron chi connectivity index (χ4n) is 1.53. The van der Waals surface area contributed by atoms with Crippen molar-refractivity contribution in [2.45, 2.75) is 54.4 Å². The van der Waals surface area contributed by atoms with Gasteiger partial charge in [-0.3, -0.25) is 4.98 Å².